The summed E-state index contributed by atoms with van der Waals surface area (Å²) >= 11 is 1.68. The predicted molar refractivity (Wildman–Crippen MR) is 90.7 cm³/mol. The lowest BCUT2D eigenvalue weighted by Gasteiger charge is -2.35. The van der Waals surface area contributed by atoms with Crippen LogP contribution in [0.3, 0.4) is 0 Å². The van der Waals surface area contributed by atoms with Crippen molar-refractivity contribution < 1.29 is 17.6 Å². The van der Waals surface area contributed by atoms with Crippen molar-refractivity contribution in [1.29, 1.82) is 0 Å². The van der Waals surface area contributed by atoms with Crippen LogP contribution in [0.4, 0.5) is 4.39 Å². The van der Waals surface area contributed by atoms with E-state index in [1.54, 1.807) is 23.6 Å². The van der Waals surface area contributed by atoms with Crippen LogP contribution in [0.25, 0.3) is 0 Å². The van der Waals surface area contributed by atoms with Crippen molar-refractivity contribution in [2.24, 2.45) is 0 Å². The lowest BCUT2D eigenvalue weighted by molar-refractivity contribution is -0.133. The van der Waals surface area contributed by atoms with Crippen molar-refractivity contribution in [3.05, 3.63) is 29.6 Å². The molecule has 1 aromatic carbocycles. The summed E-state index contributed by atoms with van der Waals surface area (Å²) in [7, 11) is -3.67. The predicted octanol–water partition coefficient (Wildman–Crippen LogP) is 0.630. The highest BCUT2D eigenvalue weighted by Crippen LogP contribution is 2.22. The van der Waals surface area contributed by atoms with Crippen LogP contribution in [0.2, 0.25) is 0 Å². The first-order valence-corrected chi connectivity index (χ1v) is 10.4. The molecule has 2 saturated heterocycles. The number of piperazine rings is 1. The van der Waals surface area contributed by atoms with E-state index in [1.807, 2.05) is 0 Å². The second-order valence-electron chi connectivity index (χ2n) is 5.91. The molecule has 0 radical (unpaired) electrons. The molecule has 6 nitrogen and oxygen atoms in total. The lowest BCUT2D eigenvalue weighted by atomic mass is 10.2. The summed E-state index contributed by atoms with van der Waals surface area (Å²) in [5.41, 5.74) is 0.390. The summed E-state index contributed by atoms with van der Waals surface area (Å²) in [6.45, 7) is 2.84. The Hall–Kier alpha value is -1.16. The van der Waals surface area contributed by atoms with E-state index >= 15 is 0 Å². The van der Waals surface area contributed by atoms with Crippen molar-refractivity contribution in [3.8, 4) is 0 Å². The second kappa shape index (κ2) is 6.99. The quantitative estimate of drug-likeness (QED) is 0.842. The maximum atomic E-state index is 13.2. The first kappa shape index (κ1) is 17.7. The summed E-state index contributed by atoms with van der Waals surface area (Å²) in [6.07, 6.45) is 0. The highest BCUT2D eigenvalue weighted by atomic mass is 32.2. The third-order valence-corrected chi connectivity index (χ3v) is 7.32. The van der Waals surface area contributed by atoms with Gasteiger partial charge in [0.15, 0.2) is 0 Å². The largest absolute Gasteiger partial charge is 0.339 e. The minimum absolute atomic E-state index is 0.0370. The summed E-state index contributed by atoms with van der Waals surface area (Å²) < 4.78 is 40.0. The van der Waals surface area contributed by atoms with Crippen LogP contribution in [0.5, 0.6) is 0 Å². The Kier molecular flexibility index (Phi) is 5.14. The van der Waals surface area contributed by atoms with E-state index in [0.717, 1.165) is 17.7 Å². The standard InChI is InChI=1S/C15H20FN3O3S2/c1-11-8-12(16)2-3-14(11)24(21,22)19-6-4-18(5-7-19)15(20)13-9-23-10-17-13/h2-3,8,13,17H,4-7,9-10H2,1H3. The molecule has 1 atom stereocenters. The van der Waals surface area contributed by atoms with Gasteiger partial charge in [0.25, 0.3) is 0 Å². The highest BCUT2D eigenvalue weighted by molar-refractivity contribution is 7.99. The Labute approximate surface area is 145 Å². The Morgan fingerprint density at radius 2 is 2.00 bits per heavy atom. The minimum atomic E-state index is -3.67. The van der Waals surface area contributed by atoms with Gasteiger partial charge in [0.1, 0.15) is 5.82 Å². The highest BCUT2D eigenvalue weighted by Gasteiger charge is 2.34. The summed E-state index contributed by atoms with van der Waals surface area (Å²) in [5.74, 6) is 1.11. The van der Waals surface area contributed by atoms with Crippen LogP contribution in [0.1, 0.15) is 5.56 Å². The molecule has 0 saturated carbocycles. The van der Waals surface area contributed by atoms with Crippen molar-refractivity contribution in [2.75, 3.05) is 37.8 Å². The van der Waals surface area contributed by atoms with Crippen molar-refractivity contribution in [1.82, 2.24) is 14.5 Å². The van der Waals surface area contributed by atoms with E-state index < -0.39 is 15.8 Å². The molecule has 9 heteroatoms. The van der Waals surface area contributed by atoms with Crippen LogP contribution >= 0.6 is 11.8 Å². The molecule has 2 aliphatic heterocycles. The van der Waals surface area contributed by atoms with Gasteiger partial charge in [-0.05, 0) is 30.7 Å². The SMILES string of the molecule is Cc1cc(F)ccc1S(=O)(=O)N1CCN(C(=O)C2CSCN2)CC1. The van der Waals surface area contributed by atoms with Gasteiger partial charge in [0, 0.05) is 37.8 Å². The van der Waals surface area contributed by atoms with Gasteiger partial charge >= 0.3 is 0 Å². The summed E-state index contributed by atoms with van der Waals surface area (Å²) in [4.78, 5) is 14.2. The van der Waals surface area contributed by atoms with Crippen LogP contribution in [0.15, 0.2) is 23.1 Å². The van der Waals surface area contributed by atoms with Crippen molar-refractivity contribution in [3.63, 3.8) is 0 Å². The number of carbonyl (C=O) groups excluding carboxylic acids is 1. The van der Waals surface area contributed by atoms with Crippen molar-refractivity contribution >= 4 is 27.7 Å². The van der Waals surface area contributed by atoms with Crippen LogP contribution in [0, 0.1) is 12.7 Å². The molecular weight excluding hydrogens is 353 g/mol. The Bertz CT molecular complexity index is 727. The molecule has 0 bridgehead atoms. The van der Waals surface area contributed by atoms with E-state index in [1.165, 1.54) is 16.4 Å². The van der Waals surface area contributed by atoms with E-state index in [4.69, 9.17) is 0 Å². The number of sulfonamides is 1. The van der Waals surface area contributed by atoms with Gasteiger partial charge < -0.3 is 4.90 Å². The van der Waals surface area contributed by atoms with E-state index in [2.05, 4.69) is 5.32 Å². The zero-order valence-electron chi connectivity index (χ0n) is 13.4. The molecule has 1 amide bonds. The Morgan fingerprint density at radius 3 is 2.58 bits per heavy atom. The van der Waals surface area contributed by atoms with Gasteiger partial charge in [-0.2, -0.15) is 4.31 Å². The van der Waals surface area contributed by atoms with Crippen LogP contribution in [-0.4, -0.2) is 67.4 Å². The molecule has 0 aromatic heterocycles. The minimum Gasteiger partial charge on any atom is -0.339 e. The Morgan fingerprint density at radius 1 is 1.29 bits per heavy atom. The van der Waals surface area contributed by atoms with E-state index in [-0.39, 0.29) is 29.9 Å². The van der Waals surface area contributed by atoms with Gasteiger partial charge in [-0.15, -0.1) is 11.8 Å². The summed E-state index contributed by atoms with van der Waals surface area (Å²) in [5, 5.41) is 3.14. The number of benzene rings is 1. The molecule has 1 unspecified atom stereocenters. The number of nitrogens with one attached hydrogen (secondary N) is 1. The lowest BCUT2D eigenvalue weighted by Crippen LogP contribution is -2.54. The third-order valence-electron chi connectivity index (χ3n) is 4.32. The molecule has 3 rings (SSSR count). The fourth-order valence-corrected chi connectivity index (χ4v) is 5.53. The van der Waals surface area contributed by atoms with Crippen LogP contribution < -0.4 is 5.32 Å². The topological polar surface area (TPSA) is 69.7 Å². The number of amides is 1. The number of nitrogens with zero attached hydrogens (tertiary/aromatic N) is 2. The number of hydrogen-bond acceptors (Lipinski definition) is 5. The average Bonchev–Trinajstić information content (AvgIpc) is 3.08. The first-order valence-electron chi connectivity index (χ1n) is 7.76. The molecule has 2 aliphatic rings. The molecule has 1 aromatic rings. The van der Waals surface area contributed by atoms with E-state index in [0.29, 0.717) is 18.7 Å². The molecular formula is C15H20FN3O3S2. The van der Waals surface area contributed by atoms with Gasteiger partial charge in [0.05, 0.1) is 10.9 Å². The molecule has 0 spiro atoms. The smallest absolute Gasteiger partial charge is 0.243 e. The number of carbonyl (C=O) groups is 1. The molecule has 2 fully saturated rings. The van der Waals surface area contributed by atoms with Crippen LogP contribution in [-0.2, 0) is 14.8 Å². The van der Waals surface area contributed by atoms with Gasteiger partial charge in [-0.1, -0.05) is 0 Å². The van der Waals surface area contributed by atoms with E-state index in [9.17, 15) is 17.6 Å². The molecule has 1 N–H and O–H groups in total. The number of halogens is 1. The first-order chi connectivity index (χ1) is 11.4. The zero-order valence-corrected chi connectivity index (χ0v) is 15.0. The zero-order chi connectivity index (χ0) is 17.3. The normalized spacial score (nSPS) is 22.8. The fraction of sp³-hybridized carbons (Fsp3) is 0.533. The number of aryl methyl sites for hydroxylation is 1. The summed E-state index contributed by atoms with van der Waals surface area (Å²) in [6, 6.07) is 3.51. The number of rotatable bonds is 3. The third kappa shape index (κ3) is 3.44. The fourth-order valence-electron chi connectivity index (χ4n) is 2.96. The van der Waals surface area contributed by atoms with Crippen molar-refractivity contribution in [2.45, 2.75) is 17.9 Å². The number of hydrogen-bond donors (Lipinski definition) is 1. The maximum Gasteiger partial charge on any atom is 0.243 e. The van der Waals surface area contributed by atoms with Gasteiger partial charge in [-0.3, -0.25) is 10.1 Å². The molecule has 24 heavy (non-hydrogen) atoms. The Balaban J connectivity index is 1.68. The average molecular weight is 373 g/mol. The second-order valence-corrected chi connectivity index (χ2v) is 8.85. The maximum absolute atomic E-state index is 13.2. The van der Waals surface area contributed by atoms with Gasteiger partial charge in [0.2, 0.25) is 15.9 Å². The molecule has 2 heterocycles. The monoisotopic (exact) mass is 373 g/mol. The molecule has 132 valence electrons. The van der Waals surface area contributed by atoms with Gasteiger partial charge in [-0.25, -0.2) is 12.8 Å². The number of thioether (sulfide) groups is 1. The molecule has 0 aliphatic carbocycles.